The van der Waals surface area contributed by atoms with E-state index in [9.17, 15) is 4.79 Å². The second kappa shape index (κ2) is 6.63. The Balaban J connectivity index is 1.15. The number of carbonyl (C=O) groups is 1. The van der Waals surface area contributed by atoms with Crippen molar-refractivity contribution < 1.29 is 14.3 Å². The number of hydrogen-bond donors (Lipinski definition) is 0. The molecule has 7 nitrogen and oxygen atoms in total. The maximum atomic E-state index is 12.9. The predicted molar refractivity (Wildman–Crippen MR) is 111 cm³/mol. The lowest BCUT2D eigenvalue weighted by Crippen LogP contribution is -2.55. The quantitative estimate of drug-likeness (QED) is 0.556. The molecule has 7 atom stereocenters. The van der Waals surface area contributed by atoms with Crippen LogP contribution in [-0.4, -0.2) is 71.4 Å². The molecule has 3 saturated heterocycles. The maximum Gasteiger partial charge on any atom is 0.311 e. The summed E-state index contributed by atoms with van der Waals surface area (Å²) in [5, 5.41) is 0. The zero-order valence-corrected chi connectivity index (χ0v) is 18.0. The molecule has 4 heterocycles. The van der Waals surface area contributed by atoms with Crippen molar-refractivity contribution in [1.29, 1.82) is 0 Å². The van der Waals surface area contributed by atoms with E-state index in [0.29, 0.717) is 5.92 Å². The number of fused-ring (bicyclic) bond motifs is 2. The van der Waals surface area contributed by atoms with Crippen LogP contribution in [0.25, 0.3) is 0 Å². The van der Waals surface area contributed by atoms with Crippen LogP contribution in [0.2, 0.25) is 0 Å². The van der Waals surface area contributed by atoms with E-state index in [-0.39, 0.29) is 41.0 Å². The third kappa shape index (κ3) is 2.60. The monoisotopic (exact) mass is 412 g/mol. The van der Waals surface area contributed by atoms with Gasteiger partial charge in [-0.1, -0.05) is 20.3 Å². The minimum Gasteiger partial charge on any atom is -0.462 e. The van der Waals surface area contributed by atoms with Crippen molar-refractivity contribution in [3.05, 3.63) is 18.5 Å². The summed E-state index contributed by atoms with van der Waals surface area (Å²) >= 11 is 0. The third-order valence-electron chi connectivity index (χ3n) is 8.86. The van der Waals surface area contributed by atoms with Crippen molar-refractivity contribution in [3.63, 3.8) is 0 Å². The second-order valence-electron chi connectivity index (χ2n) is 10.4. The van der Waals surface area contributed by atoms with Crippen molar-refractivity contribution in [3.8, 4) is 0 Å². The predicted octanol–water partition coefficient (Wildman–Crippen LogP) is 2.12. The van der Waals surface area contributed by atoms with Gasteiger partial charge in [-0.3, -0.25) is 9.69 Å². The standard InChI is InChI=1S/C23H32N4O3/c1-15-5-3-6-22(2)13-17-18(19-23(15,22)30-19)16(20(28)29-17)14-26-9-11-27(12-10-26)21-24-7-4-8-25-21/h4,7-8,15-19H,3,5-6,9-14H2,1-2H3/t15-,16+,17+,18+,19+,22+,23-/m0/s1. The number of ether oxygens (including phenoxy) is 2. The Morgan fingerprint density at radius 3 is 2.73 bits per heavy atom. The summed E-state index contributed by atoms with van der Waals surface area (Å²) in [4.78, 5) is 26.3. The molecule has 1 aromatic rings. The highest BCUT2D eigenvalue weighted by molar-refractivity contribution is 5.76. The van der Waals surface area contributed by atoms with E-state index in [1.54, 1.807) is 12.4 Å². The Labute approximate surface area is 178 Å². The number of aromatic nitrogens is 2. The summed E-state index contributed by atoms with van der Waals surface area (Å²) in [5.41, 5.74) is 0.148. The lowest BCUT2D eigenvalue weighted by Gasteiger charge is -2.49. The summed E-state index contributed by atoms with van der Waals surface area (Å²) in [6.45, 7) is 9.14. The Morgan fingerprint density at radius 1 is 1.20 bits per heavy atom. The van der Waals surface area contributed by atoms with Crippen LogP contribution in [0.15, 0.2) is 18.5 Å². The smallest absolute Gasteiger partial charge is 0.311 e. The average molecular weight is 413 g/mol. The van der Waals surface area contributed by atoms with Gasteiger partial charge in [-0.05, 0) is 31.2 Å². The van der Waals surface area contributed by atoms with Crippen LogP contribution >= 0.6 is 0 Å². The highest BCUT2D eigenvalue weighted by atomic mass is 16.6. The molecule has 0 N–H and O–H groups in total. The minimum absolute atomic E-state index is 0.000581. The summed E-state index contributed by atoms with van der Waals surface area (Å²) in [6.07, 6.45) is 8.49. The number of epoxide rings is 1. The molecule has 5 aliphatic rings. The van der Waals surface area contributed by atoms with Crippen LogP contribution in [0.5, 0.6) is 0 Å². The van der Waals surface area contributed by atoms with E-state index in [4.69, 9.17) is 9.47 Å². The molecule has 2 aliphatic carbocycles. The Bertz CT molecular complexity index is 829. The summed E-state index contributed by atoms with van der Waals surface area (Å²) in [5.74, 6) is 1.54. The third-order valence-corrected chi connectivity index (χ3v) is 8.86. The van der Waals surface area contributed by atoms with Crippen molar-refractivity contribution in [2.75, 3.05) is 37.6 Å². The maximum absolute atomic E-state index is 12.9. The molecule has 0 unspecified atom stereocenters. The highest BCUT2D eigenvalue weighted by Gasteiger charge is 2.78. The van der Waals surface area contributed by atoms with Gasteiger partial charge in [-0.25, -0.2) is 9.97 Å². The second-order valence-corrected chi connectivity index (χ2v) is 10.4. The van der Waals surface area contributed by atoms with E-state index in [1.807, 2.05) is 6.07 Å². The minimum atomic E-state index is -0.0578. The number of esters is 1. The van der Waals surface area contributed by atoms with Gasteiger partial charge >= 0.3 is 5.97 Å². The zero-order chi connectivity index (χ0) is 20.5. The molecule has 1 spiro atoms. The lowest BCUT2D eigenvalue weighted by atomic mass is 9.53. The molecule has 0 aromatic carbocycles. The van der Waals surface area contributed by atoms with E-state index >= 15 is 0 Å². The normalized spacial score (nSPS) is 45.3. The fourth-order valence-electron chi connectivity index (χ4n) is 7.31. The number of carbonyl (C=O) groups excluding carboxylic acids is 1. The topological polar surface area (TPSA) is 71.1 Å². The van der Waals surface area contributed by atoms with Gasteiger partial charge in [0.2, 0.25) is 5.95 Å². The summed E-state index contributed by atoms with van der Waals surface area (Å²) in [6, 6.07) is 1.84. The van der Waals surface area contributed by atoms with Crippen LogP contribution in [0, 0.1) is 23.2 Å². The van der Waals surface area contributed by atoms with E-state index in [2.05, 4.69) is 33.6 Å². The number of nitrogens with zero attached hydrogens (tertiary/aromatic N) is 4. The van der Waals surface area contributed by atoms with Gasteiger partial charge in [-0.15, -0.1) is 0 Å². The molecule has 1 aromatic heterocycles. The summed E-state index contributed by atoms with van der Waals surface area (Å²) in [7, 11) is 0. The number of piperazine rings is 1. The fourth-order valence-corrected chi connectivity index (χ4v) is 7.31. The highest BCUT2D eigenvalue weighted by Crippen LogP contribution is 2.70. The number of hydrogen-bond acceptors (Lipinski definition) is 7. The first-order chi connectivity index (χ1) is 14.5. The van der Waals surface area contributed by atoms with Crippen LogP contribution < -0.4 is 4.90 Å². The van der Waals surface area contributed by atoms with E-state index in [0.717, 1.165) is 45.1 Å². The van der Waals surface area contributed by atoms with Gasteiger partial charge in [0.25, 0.3) is 0 Å². The molecule has 6 rings (SSSR count). The first-order valence-corrected chi connectivity index (χ1v) is 11.6. The first-order valence-electron chi connectivity index (χ1n) is 11.6. The average Bonchev–Trinajstić information content (AvgIpc) is 3.44. The van der Waals surface area contributed by atoms with E-state index < -0.39 is 0 Å². The van der Waals surface area contributed by atoms with Crippen LogP contribution in [0.3, 0.4) is 0 Å². The first kappa shape index (κ1) is 19.0. The molecule has 0 radical (unpaired) electrons. The Kier molecular flexibility index (Phi) is 4.20. The molecule has 3 aliphatic heterocycles. The van der Waals surface area contributed by atoms with Gasteiger partial charge in [0.15, 0.2) is 0 Å². The fraction of sp³-hybridized carbons (Fsp3) is 0.783. The zero-order valence-electron chi connectivity index (χ0n) is 18.0. The molecule has 7 heteroatoms. The Hall–Kier alpha value is -1.73. The molecular formula is C23H32N4O3. The van der Waals surface area contributed by atoms with Crippen molar-refractivity contribution in [2.24, 2.45) is 23.2 Å². The van der Waals surface area contributed by atoms with Gasteiger partial charge in [-0.2, -0.15) is 0 Å². The van der Waals surface area contributed by atoms with Crippen LogP contribution in [-0.2, 0) is 14.3 Å². The summed E-state index contributed by atoms with van der Waals surface area (Å²) < 4.78 is 12.5. The molecule has 2 saturated carbocycles. The van der Waals surface area contributed by atoms with Crippen LogP contribution in [0.4, 0.5) is 5.95 Å². The largest absolute Gasteiger partial charge is 0.462 e. The van der Waals surface area contributed by atoms with Gasteiger partial charge in [0.05, 0.1) is 12.0 Å². The van der Waals surface area contributed by atoms with Crippen LogP contribution in [0.1, 0.15) is 39.5 Å². The molecule has 162 valence electrons. The van der Waals surface area contributed by atoms with Gasteiger partial charge in [0, 0.05) is 56.5 Å². The molecule has 0 amide bonds. The number of anilines is 1. The molecular weight excluding hydrogens is 380 g/mol. The van der Waals surface area contributed by atoms with E-state index in [1.165, 1.54) is 19.3 Å². The molecule has 5 fully saturated rings. The van der Waals surface area contributed by atoms with Crippen molar-refractivity contribution >= 4 is 11.9 Å². The van der Waals surface area contributed by atoms with Gasteiger partial charge < -0.3 is 14.4 Å². The lowest BCUT2D eigenvalue weighted by molar-refractivity contribution is -0.146. The van der Waals surface area contributed by atoms with Crippen molar-refractivity contribution in [1.82, 2.24) is 14.9 Å². The molecule has 0 bridgehead atoms. The Morgan fingerprint density at radius 2 is 1.97 bits per heavy atom. The van der Waals surface area contributed by atoms with Gasteiger partial charge in [0.1, 0.15) is 11.7 Å². The molecule has 30 heavy (non-hydrogen) atoms. The van der Waals surface area contributed by atoms with Crippen molar-refractivity contribution in [2.45, 2.75) is 57.3 Å². The SMILES string of the molecule is C[C@H]1CCC[C@]2(C)C[C@H]3OC(=O)[C@H](CN4CCN(c5ncccn5)CC4)[C@H]3[C@H]3O[C@]312. The number of rotatable bonds is 3.